The van der Waals surface area contributed by atoms with Crippen molar-refractivity contribution < 1.29 is 13.2 Å². The quantitative estimate of drug-likeness (QED) is 0.401. The summed E-state index contributed by atoms with van der Waals surface area (Å²) in [4.78, 5) is 13.2. The topological polar surface area (TPSA) is 45.8 Å². The SMILES string of the molecule is N#Cc1c(C(F)(F)F)cc(-c2ccc(Br)s2)n(Cc2ccc(Cl)cc2Cl)c1=O. The third-order valence-electron chi connectivity index (χ3n) is 3.89. The second kappa shape index (κ2) is 7.91. The van der Waals surface area contributed by atoms with Crippen LogP contribution in [-0.4, -0.2) is 4.57 Å². The molecular weight excluding hydrogens is 500 g/mol. The molecule has 0 bridgehead atoms. The number of nitrogens with zero attached hydrogens (tertiary/aromatic N) is 2. The number of aromatic nitrogens is 1. The van der Waals surface area contributed by atoms with Crippen molar-refractivity contribution in [1.82, 2.24) is 4.57 Å². The van der Waals surface area contributed by atoms with Crippen molar-refractivity contribution in [1.29, 1.82) is 5.26 Å². The van der Waals surface area contributed by atoms with E-state index in [1.807, 2.05) is 0 Å². The standard InChI is InChI=1S/C18H8BrCl2F3N2OS/c19-16-4-3-15(28-16)14-6-12(18(22,23)24)11(7-25)17(27)26(14)8-9-1-2-10(20)5-13(9)21/h1-6H,8H2. The minimum absolute atomic E-state index is 0.0399. The Balaban J connectivity index is 2.31. The Labute approximate surface area is 179 Å². The normalized spacial score (nSPS) is 11.5. The van der Waals surface area contributed by atoms with Crippen molar-refractivity contribution in [3.05, 3.63) is 77.3 Å². The van der Waals surface area contributed by atoms with Gasteiger partial charge in [0.15, 0.2) is 0 Å². The van der Waals surface area contributed by atoms with Gasteiger partial charge in [-0.25, -0.2) is 0 Å². The number of rotatable bonds is 3. The van der Waals surface area contributed by atoms with Crippen LogP contribution in [0.4, 0.5) is 13.2 Å². The lowest BCUT2D eigenvalue weighted by Crippen LogP contribution is -2.28. The molecule has 0 aliphatic rings. The first-order valence-electron chi connectivity index (χ1n) is 7.56. The van der Waals surface area contributed by atoms with Crippen LogP contribution in [0.2, 0.25) is 10.0 Å². The van der Waals surface area contributed by atoms with E-state index in [9.17, 15) is 23.2 Å². The molecule has 0 saturated carbocycles. The third kappa shape index (κ3) is 4.13. The van der Waals surface area contributed by atoms with E-state index in [0.717, 1.165) is 10.6 Å². The predicted molar refractivity (Wildman–Crippen MR) is 107 cm³/mol. The van der Waals surface area contributed by atoms with Crippen molar-refractivity contribution in [2.24, 2.45) is 0 Å². The molecule has 144 valence electrons. The smallest absolute Gasteiger partial charge is 0.302 e. The van der Waals surface area contributed by atoms with Crippen LogP contribution in [0.15, 0.2) is 45.0 Å². The maximum Gasteiger partial charge on any atom is 0.417 e. The molecule has 28 heavy (non-hydrogen) atoms. The lowest BCUT2D eigenvalue weighted by molar-refractivity contribution is -0.137. The van der Waals surface area contributed by atoms with Gasteiger partial charge in [-0.3, -0.25) is 4.79 Å². The number of alkyl halides is 3. The molecule has 0 spiro atoms. The average Bonchev–Trinajstić information content (AvgIpc) is 3.03. The number of benzene rings is 1. The number of halogens is 6. The zero-order valence-electron chi connectivity index (χ0n) is 13.6. The summed E-state index contributed by atoms with van der Waals surface area (Å²) in [7, 11) is 0. The Bertz CT molecular complexity index is 1170. The van der Waals surface area contributed by atoms with Gasteiger partial charge < -0.3 is 4.57 Å². The van der Waals surface area contributed by atoms with Gasteiger partial charge in [0.25, 0.3) is 5.56 Å². The zero-order chi connectivity index (χ0) is 20.6. The Morgan fingerprint density at radius 3 is 2.43 bits per heavy atom. The fourth-order valence-electron chi connectivity index (χ4n) is 2.61. The van der Waals surface area contributed by atoms with Gasteiger partial charge >= 0.3 is 6.18 Å². The lowest BCUT2D eigenvalue weighted by atomic mass is 10.1. The van der Waals surface area contributed by atoms with Crippen molar-refractivity contribution in [2.75, 3.05) is 0 Å². The second-order valence-corrected chi connectivity index (χ2v) is 8.97. The number of nitriles is 1. The van der Waals surface area contributed by atoms with Crippen LogP contribution < -0.4 is 5.56 Å². The molecule has 1 aromatic carbocycles. The van der Waals surface area contributed by atoms with Crippen LogP contribution in [0, 0.1) is 11.3 Å². The third-order valence-corrected chi connectivity index (χ3v) is 6.12. The van der Waals surface area contributed by atoms with Crippen LogP contribution >= 0.6 is 50.5 Å². The van der Waals surface area contributed by atoms with Crippen LogP contribution in [0.3, 0.4) is 0 Å². The Kier molecular flexibility index (Phi) is 5.92. The molecule has 0 atom stereocenters. The van der Waals surface area contributed by atoms with Crippen molar-refractivity contribution >= 4 is 50.5 Å². The van der Waals surface area contributed by atoms with Gasteiger partial charge in [0.05, 0.1) is 26.5 Å². The van der Waals surface area contributed by atoms with E-state index in [0.29, 0.717) is 19.2 Å². The van der Waals surface area contributed by atoms with Gasteiger partial charge in [-0.1, -0.05) is 29.3 Å². The monoisotopic (exact) mass is 506 g/mol. The van der Waals surface area contributed by atoms with Gasteiger partial charge in [0.1, 0.15) is 11.6 Å². The summed E-state index contributed by atoms with van der Waals surface area (Å²) >= 11 is 16.5. The molecule has 3 aromatic rings. The molecule has 0 saturated heterocycles. The molecular formula is C18H8BrCl2F3N2OS. The number of pyridine rings is 1. The van der Waals surface area contributed by atoms with E-state index in [1.54, 1.807) is 24.3 Å². The Hall–Kier alpha value is -1.79. The summed E-state index contributed by atoms with van der Waals surface area (Å²) in [6.45, 7) is -0.119. The first-order chi connectivity index (χ1) is 13.1. The highest BCUT2D eigenvalue weighted by Gasteiger charge is 2.36. The Morgan fingerprint density at radius 1 is 1.18 bits per heavy atom. The summed E-state index contributed by atoms with van der Waals surface area (Å²) in [5.41, 5.74) is -2.75. The maximum absolute atomic E-state index is 13.4. The van der Waals surface area contributed by atoms with E-state index >= 15 is 0 Å². The van der Waals surface area contributed by atoms with E-state index < -0.39 is 22.9 Å². The second-order valence-electron chi connectivity index (χ2n) is 5.66. The van der Waals surface area contributed by atoms with Crippen LogP contribution in [0.5, 0.6) is 0 Å². The van der Waals surface area contributed by atoms with Crippen molar-refractivity contribution in [2.45, 2.75) is 12.7 Å². The fraction of sp³-hybridized carbons (Fsp3) is 0.111. The predicted octanol–water partition coefficient (Wildman–Crippen LogP) is 6.58. The summed E-state index contributed by atoms with van der Waals surface area (Å²) in [5, 5.41) is 9.84. The molecule has 10 heteroatoms. The van der Waals surface area contributed by atoms with Crippen molar-refractivity contribution in [3.8, 4) is 16.6 Å². The highest BCUT2D eigenvalue weighted by atomic mass is 79.9. The summed E-state index contributed by atoms with van der Waals surface area (Å²) in [6.07, 6.45) is -4.84. The fourth-order valence-corrected chi connectivity index (χ4v) is 4.49. The molecule has 3 nitrogen and oxygen atoms in total. The molecule has 0 unspecified atom stereocenters. The molecule has 2 heterocycles. The lowest BCUT2D eigenvalue weighted by Gasteiger charge is -2.17. The molecule has 0 amide bonds. The molecule has 0 fully saturated rings. The van der Waals surface area contributed by atoms with E-state index in [-0.39, 0.29) is 17.3 Å². The average molecular weight is 508 g/mol. The van der Waals surface area contributed by atoms with E-state index in [4.69, 9.17) is 23.2 Å². The molecule has 0 radical (unpaired) electrons. The van der Waals surface area contributed by atoms with Crippen LogP contribution in [0.25, 0.3) is 10.6 Å². The highest BCUT2D eigenvalue weighted by Crippen LogP contribution is 2.37. The van der Waals surface area contributed by atoms with Crippen molar-refractivity contribution in [3.63, 3.8) is 0 Å². The van der Waals surface area contributed by atoms with Crippen LogP contribution in [-0.2, 0) is 12.7 Å². The van der Waals surface area contributed by atoms with Gasteiger partial charge in [-0.15, -0.1) is 11.3 Å². The first-order valence-corrected chi connectivity index (χ1v) is 9.93. The van der Waals surface area contributed by atoms with Gasteiger partial charge in [-0.2, -0.15) is 18.4 Å². The largest absolute Gasteiger partial charge is 0.417 e. The minimum Gasteiger partial charge on any atom is -0.302 e. The molecule has 0 aliphatic heterocycles. The van der Waals surface area contributed by atoms with Gasteiger partial charge in [0.2, 0.25) is 0 Å². The molecule has 2 aromatic heterocycles. The Morgan fingerprint density at radius 2 is 1.89 bits per heavy atom. The molecule has 0 N–H and O–H groups in total. The number of thiophene rings is 1. The zero-order valence-corrected chi connectivity index (χ0v) is 17.6. The first kappa shape index (κ1) is 20.9. The van der Waals surface area contributed by atoms with Gasteiger partial charge in [0, 0.05) is 10.0 Å². The highest BCUT2D eigenvalue weighted by molar-refractivity contribution is 9.11. The minimum atomic E-state index is -4.84. The van der Waals surface area contributed by atoms with Gasteiger partial charge in [-0.05, 0) is 51.8 Å². The summed E-state index contributed by atoms with van der Waals surface area (Å²) in [6, 6.07) is 10.1. The molecule has 3 rings (SSSR count). The number of hydrogen-bond acceptors (Lipinski definition) is 3. The summed E-state index contributed by atoms with van der Waals surface area (Å²) < 4.78 is 42.1. The number of hydrogen-bond donors (Lipinski definition) is 0. The maximum atomic E-state index is 13.4. The summed E-state index contributed by atoms with van der Waals surface area (Å²) in [5.74, 6) is 0. The van der Waals surface area contributed by atoms with Crippen LogP contribution in [0.1, 0.15) is 16.7 Å². The van der Waals surface area contributed by atoms with E-state index in [2.05, 4.69) is 15.9 Å². The molecule has 0 aliphatic carbocycles. The van der Waals surface area contributed by atoms with E-state index in [1.165, 1.54) is 23.5 Å².